The Morgan fingerprint density at radius 3 is 2.53 bits per heavy atom. The molecule has 1 fully saturated rings. The highest BCUT2D eigenvalue weighted by Gasteiger charge is 2.20. The van der Waals surface area contributed by atoms with E-state index in [0.29, 0.717) is 6.04 Å². The first-order valence-electron chi connectivity index (χ1n) is 6.85. The Morgan fingerprint density at radius 1 is 1.26 bits per heavy atom. The highest BCUT2D eigenvalue weighted by Crippen LogP contribution is 2.16. The predicted octanol–water partition coefficient (Wildman–Crippen LogP) is 1.98. The number of nitrogens with one attached hydrogen (secondary N) is 1. The fourth-order valence-electron chi connectivity index (χ4n) is 2.29. The van der Waals surface area contributed by atoms with Crippen molar-refractivity contribution in [2.24, 2.45) is 0 Å². The molecule has 1 N–H and O–H groups in total. The standard InChI is InChI=1S/C15H23NO3/c1-16-13(11-15-18-9-10-19-15)6-3-12-4-7-14(17-2)8-5-12/h4-5,7-8,13,15-16H,3,6,9-11H2,1-2H3. The molecule has 0 saturated carbocycles. The quantitative estimate of drug-likeness (QED) is 0.818. The normalized spacial score (nSPS) is 17.6. The van der Waals surface area contributed by atoms with Crippen molar-refractivity contribution in [1.82, 2.24) is 5.32 Å². The van der Waals surface area contributed by atoms with Gasteiger partial charge in [-0.15, -0.1) is 0 Å². The molecule has 0 amide bonds. The fourth-order valence-corrected chi connectivity index (χ4v) is 2.29. The van der Waals surface area contributed by atoms with Gasteiger partial charge in [0.15, 0.2) is 6.29 Å². The Kier molecular flexibility index (Phi) is 5.63. The molecule has 106 valence electrons. The van der Waals surface area contributed by atoms with Gasteiger partial charge in [0.05, 0.1) is 20.3 Å². The summed E-state index contributed by atoms with van der Waals surface area (Å²) in [4.78, 5) is 0. The number of ether oxygens (including phenoxy) is 3. The molecule has 4 heteroatoms. The molecule has 0 aromatic heterocycles. The van der Waals surface area contributed by atoms with Gasteiger partial charge in [-0.05, 0) is 37.6 Å². The van der Waals surface area contributed by atoms with Gasteiger partial charge < -0.3 is 19.5 Å². The van der Waals surface area contributed by atoms with Crippen molar-refractivity contribution in [2.75, 3.05) is 27.4 Å². The lowest BCUT2D eigenvalue weighted by Gasteiger charge is -2.19. The van der Waals surface area contributed by atoms with E-state index in [1.807, 2.05) is 19.2 Å². The van der Waals surface area contributed by atoms with Crippen LogP contribution in [0, 0.1) is 0 Å². The van der Waals surface area contributed by atoms with Crippen LogP contribution in [-0.2, 0) is 15.9 Å². The van der Waals surface area contributed by atoms with E-state index in [1.54, 1.807) is 7.11 Å². The molecular formula is C15H23NO3. The van der Waals surface area contributed by atoms with Crippen molar-refractivity contribution in [3.8, 4) is 5.75 Å². The molecule has 0 aliphatic carbocycles. The molecule has 0 bridgehead atoms. The maximum Gasteiger partial charge on any atom is 0.159 e. The van der Waals surface area contributed by atoms with Crippen molar-refractivity contribution in [1.29, 1.82) is 0 Å². The van der Waals surface area contributed by atoms with Crippen LogP contribution in [0.3, 0.4) is 0 Å². The average Bonchev–Trinajstić information content (AvgIpc) is 2.97. The molecule has 2 rings (SSSR count). The molecule has 0 radical (unpaired) electrons. The highest BCUT2D eigenvalue weighted by atomic mass is 16.7. The van der Waals surface area contributed by atoms with Crippen LogP contribution in [0.25, 0.3) is 0 Å². The van der Waals surface area contributed by atoms with Crippen molar-refractivity contribution in [2.45, 2.75) is 31.6 Å². The largest absolute Gasteiger partial charge is 0.497 e. The minimum absolute atomic E-state index is 0.0340. The second-order valence-electron chi connectivity index (χ2n) is 4.78. The Bertz CT molecular complexity index is 360. The van der Waals surface area contributed by atoms with E-state index in [4.69, 9.17) is 14.2 Å². The third kappa shape index (κ3) is 4.49. The third-order valence-electron chi connectivity index (χ3n) is 3.52. The Hall–Kier alpha value is -1.10. The van der Waals surface area contributed by atoms with Crippen LogP contribution in [-0.4, -0.2) is 39.7 Å². The number of rotatable bonds is 7. The van der Waals surface area contributed by atoms with E-state index in [2.05, 4.69) is 17.4 Å². The monoisotopic (exact) mass is 265 g/mol. The Morgan fingerprint density at radius 2 is 1.95 bits per heavy atom. The molecule has 1 saturated heterocycles. The summed E-state index contributed by atoms with van der Waals surface area (Å²) >= 11 is 0. The Labute approximate surface area is 115 Å². The molecule has 1 heterocycles. The number of hydrogen-bond acceptors (Lipinski definition) is 4. The number of aryl methyl sites for hydroxylation is 1. The van der Waals surface area contributed by atoms with Gasteiger partial charge in [0.1, 0.15) is 5.75 Å². The van der Waals surface area contributed by atoms with Crippen molar-refractivity contribution >= 4 is 0 Å². The Balaban J connectivity index is 1.77. The number of hydrogen-bond donors (Lipinski definition) is 1. The maximum absolute atomic E-state index is 5.49. The zero-order chi connectivity index (χ0) is 13.5. The summed E-state index contributed by atoms with van der Waals surface area (Å²) < 4.78 is 16.1. The van der Waals surface area contributed by atoms with Crippen LogP contribution in [0.4, 0.5) is 0 Å². The van der Waals surface area contributed by atoms with E-state index in [-0.39, 0.29) is 6.29 Å². The van der Waals surface area contributed by atoms with Crippen LogP contribution < -0.4 is 10.1 Å². The molecule has 1 aliphatic rings. The van der Waals surface area contributed by atoms with Crippen LogP contribution in [0.5, 0.6) is 5.75 Å². The molecule has 1 aromatic carbocycles. The van der Waals surface area contributed by atoms with Crippen LogP contribution in [0.15, 0.2) is 24.3 Å². The first-order chi connectivity index (χ1) is 9.31. The molecule has 1 unspecified atom stereocenters. The van der Waals surface area contributed by atoms with E-state index in [0.717, 1.165) is 38.2 Å². The van der Waals surface area contributed by atoms with Gasteiger partial charge in [0.25, 0.3) is 0 Å². The molecule has 4 nitrogen and oxygen atoms in total. The van der Waals surface area contributed by atoms with E-state index in [1.165, 1.54) is 5.56 Å². The molecule has 1 atom stereocenters. The first kappa shape index (κ1) is 14.3. The van der Waals surface area contributed by atoms with Crippen LogP contribution >= 0.6 is 0 Å². The zero-order valence-electron chi connectivity index (χ0n) is 11.7. The number of methoxy groups -OCH3 is 1. The lowest BCUT2D eigenvalue weighted by atomic mass is 10.0. The zero-order valence-corrected chi connectivity index (χ0v) is 11.7. The van der Waals surface area contributed by atoms with Gasteiger partial charge in [-0.1, -0.05) is 12.1 Å². The van der Waals surface area contributed by atoms with E-state index >= 15 is 0 Å². The first-order valence-corrected chi connectivity index (χ1v) is 6.85. The summed E-state index contributed by atoms with van der Waals surface area (Å²) in [5, 5.41) is 3.34. The summed E-state index contributed by atoms with van der Waals surface area (Å²) in [6.45, 7) is 1.44. The molecular weight excluding hydrogens is 242 g/mol. The summed E-state index contributed by atoms with van der Waals surface area (Å²) in [5.74, 6) is 0.904. The topological polar surface area (TPSA) is 39.7 Å². The third-order valence-corrected chi connectivity index (χ3v) is 3.52. The maximum atomic E-state index is 5.49. The second-order valence-corrected chi connectivity index (χ2v) is 4.78. The lowest BCUT2D eigenvalue weighted by Crippen LogP contribution is -2.30. The molecule has 0 spiro atoms. The van der Waals surface area contributed by atoms with Gasteiger partial charge in [-0.2, -0.15) is 0 Å². The van der Waals surface area contributed by atoms with Crippen LogP contribution in [0.2, 0.25) is 0 Å². The summed E-state index contributed by atoms with van der Waals surface area (Å²) in [6, 6.07) is 8.67. The SMILES string of the molecule is CNC(CCc1ccc(OC)cc1)CC1OCCO1. The smallest absolute Gasteiger partial charge is 0.159 e. The summed E-state index contributed by atoms with van der Waals surface area (Å²) in [6.07, 6.45) is 2.99. The van der Waals surface area contributed by atoms with E-state index in [9.17, 15) is 0 Å². The van der Waals surface area contributed by atoms with Crippen molar-refractivity contribution in [3.63, 3.8) is 0 Å². The second kappa shape index (κ2) is 7.48. The average molecular weight is 265 g/mol. The van der Waals surface area contributed by atoms with E-state index < -0.39 is 0 Å². The lowest BCUT2D eigenvalue weighted by molar-refractivity contribution is -0.0527. The van der Waals surface area contributed by atoms with Crippen molar-refractivity contribution < 1.29 is 14.2 Å². The van der Waals surface area contributed by atoms with Gasteiger partial charge in [0.2, 0.25) is 0 Å². The molecule has 1 aromatic rings. The van der Waals surface area contributed by atoms with Crippen LogP contribution in [0.1, 0.15) is 18.4 Å². The van der Waals surface area contributed by atoms with Gasteiger partial charge in [-0.3, -0.25) is 0 Å². The molecule has 1 aliphatic heterocycles. The summed E-state index contributed by atoms with van der Waals surface area (Å²) in [7, 11) is 3.68. The predicted molar refractivity (Wildman–Crippen MR) is 74.5 cm³/mol. The molecule has 19 heavy (non-hydrogen) atoms. The van der Waals surface area contributed by atoms with Crippen molar-refractivity contribution in [3.05, 3.63) is 29.8 Å². The fraction of sp³-hybridized carbons (Fsp3) is 0.600. The minimum Gasteiger partial charge on any atom is -0.497 e. The number of benzene rings is 1. The minimum atomic E-state index is -0.0340. The van der Waals surface area contributed by atoms with Gasteiger partial charge in [0, 0.05) is 12.5 Å². The highest BCUT2D eigenvalue weighted by molar-refractivity contribution is 5.27. The van der Waals surface area contributed by atoms with Gasteiger partial charge in [-0.25, -0.2) is 0 Å². The van der Waals surface area contributed by atoms with Gasteiger partial charge >= 0.3 is 0 Å². The summed E-state index contributed by atoms with van der Waals surface area (Å²) in [5.41, 5.74) is 1.33.